The third-order valence-electron chi connectivity index (χ3n) is 8.92. The topological polar surface area (TPSA) is 101 Å². The van der Waals surface area contributed by atoms with Gasteiger partial charge in [-0.1, -0.05) is 19.4 Å². The van der Waals surface area contributed by atoms with E-state index in [2.05, 4.69) is 6.92 Å². The maximum absolute atomic E-state index is 12.9. The second-order valence-corrected chi connectivity index (χ2v) is 10.2. The fourth-order valence-electron chi connectivity index (χ4n) is 7.44. The third-order valence-corrected chi connectivity index (χ3v) is 8.92. The highest BCUT2D eigenvalue weighted by molar-refractivity contribution is 5.92. The summed E-state index contributed by atoms with van der Waals surface area (Å²) in [7, 11) is 0. The second-order valence-electron chi connectivity index (χ2n) is 10.2. The van der Waals surface area contributed by atoms with E-state index >= 15 is 0 Å². The molecule has 0 bridgehead atoms. The number of esters is 1. The maximum Gasteiger partial charge on any atom is 0.303 e. The average molecular weight is 405 g/mol. The summed E-state index contributed by atoms with van der Waals surface area (Å²) in [5.74, 6) is -0.462. The van der Waals surface area contributed by atoms with Gasteiger partial charge in [-0.15, -0.1) is 0 Å². The number of carbonyl (C=O) groups excluding carboxylic acids is 3. The van der Waals surface area contributed by atoms with Crippen LogP contribution in [0.1, 0.15) is 65.7 Å². The van der Waals surface area contributed by atoms with Crippen LogP contribution >= 0.6 is 0 Å². The molecule has 0 aromatic heterocycles. The minimum absolute atomic E-state index is 0.0413. The standard InChI is InChI=1S/C23H32O6/c1-13(24)29-12-19(27)23(28)9-7-17-16-5-4-14-10-15(25)6-8-21(14,2)20(16)18(26)11-22(17,23)3/h10,16-18,20,26,28H,4-9,11-12H2,1-3H3/t16-,17+,18+,20-,21+,22+,23+/m1/s1. The minimum Gasteiger partial charge on any atom is -0.458 e. The molecule has 6 nitrogen and oxygen atoms in total. The van der Waals surface area contributed by atoms with Gasteiger partial charge in [0.05, 0.1) is 6.10 Å². The smallest absolute Gasteiger partial charge is 0.303 e. The lowest BCUT2D eigenvalue weighted by atomic mass is 9.45. The second kappa shape index (κ2) is 6.74. The molecule has 0 spiro atoms. The average Bonchev–Trinajstić information content (AvgIpc) is 2.91. The first-order valence-corrected chi connectivity index (χ1v) is 10.8. The van der Waals surface area contributed by atoms with E-state index in [1.54, 1.807) is 6.08 Å². The molecule has 0 amide bonds. The maximum atomic E-state index is 12.9. The van der Waals surface area contributed by atoms with Gasteiger partial charge in [-0.3, -0.25) is 14.4 Å². The summed E-state index contributed by atoms with van der Waals surface area (Å²) in [6.07, 6.45) is 5.54. The van der Waals surface area contributed by atoms with Crippen LogP contribution in [0.4, 0.5) is 0 Å². The number of fused-ring (bicyclic) bond motifs is 5. The lowest BCUT2D eigenvalue weighted by molar-refractivity contribution is -0.184. The Kier molecular flexibility index (Phi) is 4.82. The van der Waals surface area contributed by atoms with Crippen molar-refractivity contribution >= 4 is 17.5 Å². The number of hydrogen-bond donors (Lipinski definition) is 2. The van der Waals surface area contributed by atoms with Gasteiger partial charge in [-0.2, -0.15) is 0 Å². The molecule has 0 heterocycles. The summed E-state index contributed by atoms with van der Waals surface area (Å²) < 4.78 is 4.89. The summed E-state index contributed by atoms with van der Waals surface area (Å²) in [4.78, 5) is 36.0. The summed E-state index contributed by atoms with van der Waals surface area (Å²) in [6.45, 7) is 4.92. The molecule has 29 heavy (non-hydrogen) atoms. The molecule has 2 N–H and O–H groups in total. The van der Waals surface area contributed by atoms with Gasteiger partial charge in [0.1, 0.15) is 5.60 Å². The molecule has 0 aliphatic heterocycles. The van der Waals surface area contributed by atoms with E-state index in [1.165, 1.54) is 6.92 Å². The molecular weight excluding hydrogens is 372 g/mol. The van der Waals surface area contributed by atoms with Crippen LogP contribution in [0.15, 0.2) is 11.6 Å². The van der Waals surface area contributed by atoms with Gasteiger partial charge in [-0.05, 0) is 67.8 Å². The summed E-state index contributed by atoms with van der Waals surface area (Å²) >= 11 is 0. The van der Waals surface area contributed by atoms with Crippen molar-refractivity contribution in [3.05, 3.63) is 11.6 Å². The molecule has 4 aliphatic rings. The van der Waals surface area contributed by atoms with Gasteiger partial charge in [0, 0.05) is 18.8 Å². The van der Waals surface area contributed by atoms with Crippen molar-refractivity contribution in [2.75, 3.05) is 6.61 Å². The lowest BCUT2D eigenvalue weighted by Gasteiger charge is -2.60. The molecule has 0 aromatic rings. The molecule has 7 atom stereocenters. The zero-order valence-corrected chi connectivity index (χ0v) is 17.6. The van der Waals surface area contributed by atoms with E-state index in [0.29, 0.717) is 19.3 Å². The molecule has 6 heteroatoms. The van der Waals surface area contributed by atoms with E-state index in [0.717, 1.165) is 31.3 Å². The van der Waals surface area contributed by atoms with E-state index in [9.17, 15) is 24.6 Å². The Morgan fingerprint density at radius 3 is 2.62 bits per heavy atom. The Labute approximate surface area is 171 Å². The monoisotopic (exact) mass is 404 g/mol. The van der Waals surface area contributed by atoms with Crippen LogP contribution < -0.4 is 0 Å². The summed E-state index contributed by atoms with van der Waals surface area (Å²) in [5.41, 5.74) is -1.36. The normalized spacial score (nSPS) is 46.2. The van der Waals surface area contributed by atoms with E-state index in [4.69, 9.17) is 4.74 Å². The Morgan fingerprint density at radius 1 is 1.21 bits per heavy atom. The Bertz CT molecular complexity index is 786. The number of carbonyl (C=O) groups is 3. The number of rotatable bonds is 3. The first-order chi connectivity index (χ1) is 13.5. The quantitative estimate of drug-likeness (QED) is 0.701. The van der Waals surface area contributed by atoms with Crippen molar-refractivity contribution in [2.24, 2.45) is 28.6 Å². The Balaban J connectivity index is 1.65. The molecule has 0 saturated heterocycles. The minimum atomic E-state index is -1.58. The number of ether oxygens (including phenoxy) is 1. The molecule has 3 saturated carbocycles. The highest BCUT2D eigenvalue weighted by Gasteiger charge is 2.68. The van der Waals surface area contributed by atoms with E-state index < -0.39 is 35.5 Å². The highest BCUT2D eigenvalue weighted by atomic mass is 16.5. The zero-order valence-electron chi connectivity index (χ0n) is 17.6. The zero-order chi connectivity index (χ0) is 21.2. The molecule has 3 fully saturated rings. The molecule has 160 valence electrons. The highest BCUT2D eigenvalue weighted by Crippen LogP contribution is 2.67. The predicted octanol–water partition coefficient (Wildman–Crippen LogP) is 2.35. The number of hydrogen-bond acceptors (Lipinski definition) is 6. The molecule has 0 unspecified atom stereocenters. The van der Waals surface area contributed by atoms with Gasteiger partial charge in [0.25, 0.3) is 0 Å². The first kappa shape index (κ1) is 20.7. The number of aliphatic hydroxyl groups is 2. The van der Waals surface area contributed by atoms with Crippen LogP contribution in [0.25, 0.3) is 0 Å². The Hall–Kier alpha value is -1.53. The van der Waals surface area contributed by atoms with Gasteiger partial charge in [0.15, 0.2) is 12.4 Å². The van der Waals surface area contributed by atoms with Gasteiger partial charge in [0.2, 0.25) is 5.78 Å². The number of Topliss-reactive ketones (excluding diaryl/α,β-unsaturated/α-hetero) is 1. The molecular formula is C23H32O6. The van der Waals surface area contributed by atoms with Crippen LogP contribution in [0.3, 0.4) is 0 Å². The summed E-state index contributed by atoms with van der Waals surface area (Å²) in [6, 6.07) is 0. The van der Waals surface area contributed by atoms with Crippen LogP contribution in [-0.4, -0.2) is 46.1 Å². The molecule has 0 radical (unpaired) electrons. The van der Waals surface area contributed by atoms with Crippen molar-refractivity contribution in [3.63, 3.8) is 0 Å². The third kappa shape index (κ3) is 2.86. The molecule has 4 aliphatic carbocycles. The first-order valence-electron chi connectivity index (χ1n) is 10.8. The van der Waals surface area contributed by atoms with Crippen LogP contribution in [0.5, 0.6) is 0 Å². The van der Waals surface area contributed by atoms with Crippen molar-refractivity contribution in [2.45, 2.75) is 77.4 Å². The van der Waals surface area contributed by atoms with E-state index in [-0.39, 0.29) is 29.0 Å². The van der Waals surface area contributed by atoms with Crippen LogP contribution in [-0.2, 0) is 19.1 Å². The van der Waals surface area contributed by atoms with Gasteiger partial charge in [-0.25, -0.2) is 0 Å². The fraction of sp³-hybridized carbons (Fsp3) is 0.783. The van der Waals surface area contributed by atoms with Gasteiger partial charge < -0.3 is 14.9 Å². The Morgan fingerprint density at radius 2 is 1.93 bits per heavy atom. The number of allylic oxidation sites excluding steroid dienone is 1. The van der Waals surface area contributed by atoms with Crippen molar-refractivity contribution < 1.29 is 29.3 Å². The van der Waals surface area contributed by atoms with Crippen LogP contribution in [0.2, 0.25) is 0 Å². The van der Waals surface area contributed by atoms with E-state index in [1.807, 2.05) is 6.92 Å². The number of ketones is 2. The largest absolute Gasteiger partial charge is 0.458 e. The van der Waals surface area contributed by atoms with Crippen molar-refractivity contribution in [3.8, 4) is 0 Å². The lowest BCUT2D eigenvalue weighted by Crippen LogP contribution is -2.62. The molecule has 4 rings (SSSR count). The SMILES string of the molecule is CC(=O)OCC(=O)[C@@]1(O)CC[C@H]2[C@H]3CCC4=CC(=O)CC[C@]4(C)[C@H]3[C@@H](O)C[C@@]21C. The fourth-order valence-corrected chi connectivity index (χ4v) is 7.44. The van der Waals surface area contributed by atoms with Gasteiger partial charge >= 0.3 is 5.97 Å². The predicted molar refractivity (Wildman–Crippen MR) is 105 cm³/mol. The van der Waals surface area contributed by atoms with Crippen molar-refractivity contribution in [1.29, 1.82) is 0 Å². The molecule has 0 aromatic carbocycles. The number of aliphatic hydroxyl groups excluding tert-OH is 1. The summed E-state index contributed by atoms with van der Waals surface area (Å²) in [5, 5.41) is 22.8. The van der Waals surface area contributed by atoms with Crippen molar-refractivity contribution in [1.82, 2.24) is 0 Å². The van der Waals surface area contributed by atoms with Crippen LogP contribution in [0, 0.1) is 28.6 Å².